The maximum Gasteiger partial charge on any atom is 0.0533 e. The molecule has 0 saturated heterocycles. The molecule has 1 heteroatoms. The molecule has 0 heterocycles. The van der Waals surface area contributed by atoms with Gasteiger partial charge in [-0.05, 0) is 36.0 Å². The summed E-state index contributed by atoms with van der Waals surface area (Å²) in [6.45, 7) is 31.0. The van der Waals surface area contributed by atoms with Crippen LogP contribution in [0.3, 0.4) is 0 Å². The minimum absolute atomic E-state index is 0.802. The van der Waals surface area contributed by atoms with Gasteiger partial charge in [0.25, 0.3) is 0 Å². The molecule has 0 N–H and O–H groups in total. The summed E-state index contributed by atoms with van der Waals surface area (Å²) in [6, 6.07) is 0. The average molecular weight is 382 g/mol. The highest BCUT2D eigenvalue weighted by Gasteiger charge is 2.17. The van der Waals surface area contributed by atoms with Crippen LogP contribution in [0.5, 0.6) is 0 Å². The van der Waals surface area contributed by atoms with E-state index in [0.717, 1.165) is 28.2 Å². The van der Waals surface area contributed by atoms with E-state index >= 15 is 0 Å². The minimum Gasteiger partial charge on any atom is -0.310 e. The molecule has 0 radical (unpaired) electrons. The Morgan fingerprint density at radius 2 is 1.07 bits per heavy atom. The SMILES string of the molecule is C=C\C=C/C(=C\C=C)C(/C=C)=C(/C=C)N(/C(C=C)=C/C=C)C(/C=C\C=C)=C/C=C. The molecule has 0 rings (SSSR count). The standard InChI is InChI=1S/C28H31N/c1-9-17-22-24(19-11-3)27(15-7)28(16-8)29(25(14-6)20-12-4)26(21-13-5)23-18-10-2/h9-23H,1-8H2/b22-17-,23-18-,24-19+,25-20+,26-21+,28-27-. The molecule has 0 unspecified atom stereocenters. The van der Waals surface area contributed by atoms with Gasteiger partial charge in [-0.25, -0.2) is 0 Å². The fraction of sp³-hybridized carbons (Fsp3) is 0. The molecular weight excluding hydrogens is 350 g/mol. The normalized spacial score (nSPS) is 13.4. The Balaban J connectivity index is 7.28. The summed E-state index contributed by atoms with van der Waals surface area (Å²) in [5.41, 5.74) is 4.21. The zero-order valence-corrected chi connectivity index (χ0v) is 17.3. The van der Waals surface area contributed by atoms with Crippen LogP contribution < -0.4 is 0 Å². The number of hydrogen-bond acceptors (Lipinski definition) is 1. The molecule has 0 aliphatic heterocycles. The van der Waals surface area contributed by atoms with E-state index in [1.807, 2.05) is 47.4 Å². The highest BCUT2D eigenvalue weighted by atomic mass is 15.2. The van der Waals surface area contributed by atoms with E-state index in [9.17, 15) is 0 Å². The Hall–Kier alpha value is -3.84. The number of nitrogens with zero attached hydrogens (tertiary/aromatic N) is 1. The fourth-order valence-electron chi connectivity index (χ4n) is 2.50. The topological polar surface area (TPSA) is 3.24 Å². The minimum atomic E-state index is 0.802. The first kappa shape index (κ1) is 25.2. The molecule has 0 spiro atoms. The van der Waals surface area contributed by atoms with E-state index in [4.69, 9.17) is 0 Å². The fourth-order valence-corrected chi connectivity index (χ4v) is 2.50. The van der Waals surface area contributed by atoms with Crippen LogP contribution in [0.1, 0.15) is 0 Å². The molecule has 148 valence electrons. The molecule has 0 aromatic carbocycles. The van der Waals surface area contributed by atoms with Crippen molar-refractivity contribution in [1.82, 2.24) is 4.90 Å². The second-order valence-electron chi connectivity index (χ2n) is 5.45. The molecule has 0 fully saturated rings. The van der Waals surface area contributed by atoms with Crippen molar-refractivity contribution in [3.63, 3.8) is 0 Å². The lowest BCUT2D eigenvalue weighted by molar-refractivity contribution is 0.575. The molecule has 1 nitrogen and oxygen atoms in total. The predicted octanol–water partition coefficient (Wildman–Crippen LogP) is 7.84. The van der Waals surface area contributed by atoms with Gasteiger partial charge in [-0.3, -0.25) is 0 Å². The van der Waals surface area contributed by atoms with Crippen molar-refractivity contribution in [3.05, 3.63) is 172 Å². The summed E-state index contributed by atoms with van der Waals surface area (Å²) in [6.07, 6.45) is 27.1. The molecule has 0 saturated carbocycles. The second kappa shape index (κ2) is 15.2. The maximum atomic E-state index is 4.04. The third kappa shape index (κ3) is 7.74. The first-order valence-electron chi connectivity index (χ1n) is 9.08. The maximum absolute atomic E-state index is 4.04. The van der Waals surface area contributed by atoms with Crippen molar-refractivity contribution in [3.8, 4) is 0 Å². The number of rotatable bonds is 14. The molecule has 0 atom stereocenters. The molecule has 0 bridgehead atoms. The van der Waals surface area contributed by atoms with Crippen LogP contribution in [-0.2, 0) is 0 Å². The van der Waals surface area contributed by atoms with E-state index < -0.39 is 0 Å². The summed E-state index contributed by atoms with van der Waals surface area (Å²) in [7, 11) is 0. The van der Waals surface area contributed by atoms with Crippen LogP contribution >= 0.6 is 0 Å². The van der Waals surface area contributed by atoms with Crippen molar-refractivity contribution in [1.29, 1.82) is 0 Å². The van der Waals surface area contributed by atoms with Crippen molar-refractivity contribution in [2.24, 2.45) is 0 Å². The molecule has 0 aliphatic carbocycles. The van der Waals surface area contributed by atoms with Gasteiger partial charge in [0.05, 0.1) is 5.70 Å². The second-order valence-corrected chi connectivity index (χ2v) is 5.45. The van der Waals surface area contributed by atoms with Gasteiger partial charge in [0.2, 0.25) is 0 Å². The molecule has 0 aromatic heterocycles. The highest BCUT2D eigenvalue weighted by molar-refractivity contribution is 5.55. The molecule has 0 amide bonds. The predicted molar refractivity (Wildman–Crippen MR) is 133 cm³/mol. The van der Waals surface area contributed by atoms with Gasteiger partial charge in [-0.1, -0.05) is 113 Å². The molecule has 0 aliphatic rings. The van der Waals surface area contributed by atoms with Crippen LogP contribution in [0.4, 0.5) is 0 Å². The Bertz CT molecular complexity index is 845. The van der Waals surface area contributed by atoms with Crippen molar-refractivity contribution in [2.75, 3.05) is 0 Å². The first-order chi connectivity index (χ1) is 14.1. The van der Waals surface area contributed by atoms with Gasteiger partial charge in [-0.15, -0.1) is 0 Å². The number of hydrogen-bond donors (Lipinski definition) is 0. The first-order valence-corrected chi connectivity index (χ1v) is 9.08. The van der Waals surface area contributed by atoms with Crippen molar-refractivity contribution in [2.45, 2.75) is 0 Å². The van der Waals surface area contributed by atoms with E-state index in [2.05, 4.69) is 52.6 Å². The Kier molecular flexibility index (Phi) is 13.2. The Labute approximate surface area is 177 Å². The molecular formula is C28H31N. The summed E-state index contributed by atoms with van der Waals surface area (Å²) < 4.78 is 0. The number of allylic oxidation sites excluding steroid dienone is 17. The lowest BCUT2D eigenvalue weighted by Crippen LogP contribution is -2.21. The zero-order chi connectivity index (χ0) is 22.1. The van der Waals surface area contributed by atoms with Gasteiger partial charge >= 0.3 is 0 Å². The largest absolute Gasteiger partial charge is 0.310 e. The van der Waals surface area contributed by atoms with Gasteiger partial charge < -0.3 is 4.90 Å². The van der Waals surface area contributed by atoms with Crippen LogP contribution in [0.25, 0.3) is 0 Å². The summed E-state index contributed by atoms with van der Waals surface area (Å²) in [4.78, 5) is 2.00. The quantitative estimate of drug-likeness (QED) is 0.277. The van der Waals surface area contributed by atoms with E-state index in [0.29, 0.717) is 0 Å². The monoisotopic (exact) mass is 381 g/mol. The Morgan fingerprint density at radius 1 is 0.517 bits per heavy atom. The van der Waals surface area contributed by atoms with Crippen molar-refractivity contribution >= 4 is 0 Å². The van der Waals surface area contributed by atoms with E-state index in [-0.39, 0.29) is 0 Å². The van der Waals surface area contributed by atoms with Gasteiger partial charge in [-0.2, -0.15) is 0 Å². The van der Waals surface area contributed by atoms with Crippen LogP contribution in [-0.4, -0.2) is 4.90 Å². The summed E-state index contributed by atoms with van der Waals surface area (Å²) in [5, 5.41) is 0. The zero-order valence-electron chi connectivity index (χ0n) is 17.3. The van der Waals surface area contributed by atoms with Crippen molar-refractivity contribution < 1.29 is 0 Å². The third-order valence-corrected chi connectivity index (χ3v) is 3.64. The van der Waals surface area contributed by atoms with Gasteiger partial charge in [0, 0.05) is 17.0 Å². The van der Waals surface area contributed by atoms with Crippen LogP contribution in [0.15, 0.2) is 172 Å². The van der Waals surface area contributed by atoms with Gasteiger partial charge in [0.1, 0.15) is 0 Å². The van der Waals surface area contributed by atoms with Crippen LogP contribution in [0.2, 0.25) is 0 Å². The smallest absolute Gasteiger partial charge is 0.0533 e. The highest BCUT2D eigenvalue weighted by Crippen LogP contribution is 2.29. The van der Waals surface area contributed by atoms with E-state index in [1.54, 1.807) is 48.6 Å². The average Bonchev–Trinajstić information content (AvgIpc) is 2.73. The third-order valence-electron chi connectivity index (χ3n) is 3.64. The summed E-state index contributed by atoms with van der Waals surface area (Å²) >= 11 is 0. The lowest BCUT2D eigenvalue weighted by Gasteiger charge is -2.30. The van der Waals surface area contributed by atoms with Crippen LogP contribution in [0, 0.1) is 0 Å². The molecule has 29 heavy (non-hydrogen) atoms. The lowest BCUT2D eigenvalue weighted by atomic mass is 10.00. The molecule has 0 aromatic rings. The summed E-state index contributed by atoms with van der Waals surface area (Å²) in [5.74, 6) is 0. The van der Waals surface area contributed by atoms with Gasteiger partial charge in [0.15, 0.2) is 0 Å². The van der Waals surface area contributed by atoms with E-state index in [1.165, 1.54) is 0 Å². The Morgan fingerprint density at radius 3 is 1.52 bits per heavy atom.